The molecule has 0 aliphatic rings. The molecule has 0 aliphatic heterocycles. The average molecular weight is 274 g/mol. The van der Waals surface area contributed by atoms with Crippen molar-refractivity contribution < 1.29 is 28.2 Å². The number of carbonyl (C=O) groups is 2. The van der Waals surface area contributed by atoms with Crippen LogP contribution in [0.3, 0.4) is 0 Å². The maximum absolute atomic E-state index is 12.1. The molecule has 104 valence electrons. The fourth-order valence-corrected chi connectivity index (χ4v) is 1.19. The maximum Gasteiger partial charge on any atom is 0.387 e. The van der Waals surface area contributed by atoms with Crippen molar-refractivity contribution in [2.45, 2.75) is 19.6 Å². The van der Waals surface area contributed by atoms with Gasteiger partial charge in [-0.05, 0) is 19.1 Å². The number of hydrogen-bond donors (Lipinski definition) is 3. The van der Waals surface area contributed by atoms with E-state index in [4.69, 9.17) is 5.11 Å². The Morgan fingerprint density at radius 2 is 1.95 bits per heavy atom. The predicted molar refractivity (Wildman–Crippen MR) is 62.3 cm³/mol. The van der Waals surface area contributed by atoms with Crippen molar-refractivity contribution in [1.82, 2.24) is 5.32 Å². The summed E-state index contributed by atoms with van der Waals surface area (Å²) in [6.45, 7) is -1.76. The van der Waals surface area contributed by atoms with Gasteiger partial charge in [-0.1, -0.05) is 12.1 Å². The number of urea groups is 1. The molecule has 0 fully saturated rings. The number of alkyl halides is 2. The topological polar surface area (TPSA) is 87.7 Å². The standard InChI is InChI=1S/C11H12F2N2O4/c1-6(9(16)17)14-11(18)15-7-4-2-3-5-8(7)19-10(12)13/h2-6,10H,1H3,(H,16,17)(H2,14,15,18)/t6-/m0/s1. The second-order valence-corrected chi connectivity index (χ2v) is 3.53. The van der Waals surface area contributed by atoms with Crippen LogP contribution in [-0.4, -0.2) is 29.8 Å². The molecule has 0 bridgehead atoms. The van der Waals surface area contributed by atoms with Crippen LogP contribution in [0.25, 0.3) is 0 Å². The van der Waals surface area contributed by atoms with Gasteiger partial charge in [0, 0.05) is 0 Å². The van der Waals surface area contributed by atoms with Gasteiger partial charge in [0.05, 0.1) is 5.69 Å². The first-order chi connectivity index (χ1) is 8.90. The van der Waals surface area contributed by atoms with Gasteiger partial charge in [0.1, 0.15) is 11.8 Å². The number of halogens is 2. The lowest BCUT2D eigenvalue weighted by Crippen LogP contribution is -2.40. The number of aliphatic carboxylic acids is 1. The van der Waals surface area contributed by atoms with Crippen LogP contribution in [0.5, 0.6) is 5.75 Å². The lowest BCUT2D eigenvalue weighted by Gasteiger charge is -2.13. The van der Waals surface area contributed by atoms with Crippen molar-refractivity contribution in [2.75, 3.05) is 5.32 Å². The zero-order chi connectivity index (χ0) is 14.4. The minimum absolute atomic E-state index is 0.0119. The van der Waals surface area contributed by atoms with Crippen LogP contribution < -0.4 is 15.4 Å². The Balaban J connectivity index is 2.71. The number of nitrogens with one attached hydrogen (secondary N) is 2. The van der Waals surface area contributed by atoms with Gasteiger partial charge >= 0.3 is 18.6 Å². The van der Waals surface area contributed by atoms with Crippen LogP contribution >= 0.6 is 0 Å². The number of para-hydroxylation sites is 2. The highest BCUT2D eigenvalue weighted by atomic mass is 19.3. The SMILES string of the molecule is C[C@H](NC(=O)Nc1ccccc1OC(F)F)C(=O)O. The maximum atomic E-state index is 12.1. The molecule has 19 heavy (non-hydrogen) atoms. The summed E-state index contributed by atoms with van der Waals surface area (Å²) in [4.78, 5) is 22.0. The molecule has 1 atom stereocenters. The summed E-state index contributed by atoms with van der Waals surface area (Å²) in [7, 11) is 0. The molecular formula is C11H12F2N2O4. The van der Waals surface area contributed by atoms with Crippen LogP contribution in [0.15, 0.2) is 24.3 Å². The molecule has 0 aliphatic carbocycles. The molecule has 8 heteroatoms. The van der Waals surface area contributed by atoms with Crippen LogP contribution in [0.2, 0.25) is 0 Å². The molecular weight excluding hydrogens is 262 g/mol. The molecule has 6 nitrogen and oxygen atoms in total. The van der Waals surface area contributed by atoms with Gasteiger partial charge in [-0.25, -0.2) is 4.79 Å². The van der Waals surface area contributed by atoms with Crippen molar-refractivity contribution in [3.63, 3.8) is 0 Å². The summed E-state index contributed by atoms with van der Waals surface area (Å²) in [5.74, 6) is -1.43. The molecule has 0 unspecified atom stereocenters. The van der Waals surface area contributed by atoms with E-state index in [9.17, 15) is 18.4 Å². The first-order valence-corrected chi connectivity index (χ1v) is 5.24. The minimum Gasteiger partial charge on any atom is -0.480 e. The van der Waals surface area contributed by atoms with Crippen molar-refractivity contribution in [2.24, 2.45) is 0 Å². The molecule has 0 spiro atoms. The molecule has 0 saturated carbocycles. The van der Waals surface area contributed by atoms with Gasteiger partial charge < -0.3 is 20.5 Å². The zero-order valence-corrected chi connectivity index (χ0v) is 9.89. The Morgan fingerprint density at radius 1 is 1.32 bits per heavy atom. The summed E-state index contributed by atoms with van der Waals surface area (Å²) >= 11 is 0. The molecule has 0 aromatic heterocycles. The lowest BCUT2D eigenvalue weighted by atomic mass is 10.3. The molecule has 0 saturated heterocycles. The van der Waals surface area contributed by atoms with E-state index in [1.54, 1.807) is 0 Å². The number of carboxylic acids is 1. The summed E-state index contributed by atoms with van der Waals surface area (Å²) in [6, 6.07) is 3.63. The second-order valence-electron chi connectivity index (χ2n) is 3.53. The third kappa shape index (κ3) is 4.78. The number of carbonyl (C=O) groups excluding carboxylic acids is 1. The highest BCUT2D eigenvalue weighted by Gasteiger charge is 2.16. The average Bonchev–Trinajstić information content (AvgIpc) is 2.30. The van der Waals surface area contributed by atoms with E-state index in [0.717, 1.165) is 0 Å². The van der Waals surface area contributed by atoms with E-state index in [-0.39, 0.29) is 11.4 Å². The van der Waals surface area contributed by atoms with Crippen LogP contribution in [0, 0.1) is 0 Å². The fraction of sp³-hybridized carbons (Fsp3) is 0.273. The van der Waals surface area contributed by atoms with Crippen molar-refractivity contribution in [1.29, 1.82) is 0 Å². The van der Waals surface area contributed by atoms with Crippen LogP contribution in [0.4, 0.5) is 19.3 Å². The lowest BCUT2D eigenvalue weighted by molar-refractivity contribution is -0.138. The van der Waals surface area contributed by atoms with E-state index in [2.05, 4.69) is 15.4 Å². The Labute approximate surface area is 107 Å². The van der Waals surface area contributed by atoms with Crippen LogP contribution in [0.1, 0.15) is 6.92 Å². The Bertz CT molecular complexity index is 468. The summed E-state index contributed by atoms with van der Waals surface area (Å²) in [6.07, 6.45) is 0. The largest absolute Gasteiger partial charge is 0.480 e. The summed E-state index contributed by atoms with van der Waals surface area (Å²) < 4.78 is 28.5. The number of amides is 2. The Morgan fingerprint density at radius 3 is 2.53 bits per heavy atom. The fourth-order valence-electron chi connectivity index (χ4n) is 1.19. The summed E-state index contributed by atoms with van der Waals surface area (Å²) in [5.41, 5.74) is 0.0119. The van der Waals surface area contributed by atoms with E-state index < -0.39 is 24.7 Å². The smallest absolute Gasteiger partial charge is 0.387 e. The van der Waals surface area contributed by atoms with Gasteiger partial charge in [0.25, 0.3) is 0 Å². The molecule has 2 amide bonds. The molecule has 1 aromatic carbocycles. The molecule has 3 N–H and O–H groups in total. The quantitative estimate of drug-likeness (QED) is 0.765. The number of hydrogen-bond acceptors (Lipinski definition) is 3. The van der Waals surface area contributed by atoms with Crippen molar-refractivity contribution in [3.05, 3.63) is 24.3 Å². The minimum atomic E-state index is -3.02. The predicted octanol–water partition coefficient (Wildman–Crippen LogP) is 1.88. The number of anilines is 1. The molecule has 1 rings (SSSR count). The number of carboxylic acid groups (broad SMARTS) is 1. The van der Waals surface area contributed by atoms with Gasteiger partial charge in [-0.2, -0.15) is 8.78 Å². The van der Waals surface area contributed by atoms with Crippen molar-refractivity contribution in [3.8, 4) is 5.75 Å². The second kappa shape index (κ2) is 6.53. The van der Waals surface area contributed by atoms with Gasteiger partial charge in [0.15, 0.2) is 0 Å². The van der Waals surface area contributed by atoms with Crippen molar-refractivity contribution >= 4 is 17.7 Å². The van der Waals surface area contributed by atoms with E-state index >= 15 is 0 Å². The normalized spacial score (nSPS) is 11.8. The van der Waals surface area contributed by atoms with E-state index in [1.165, 1.54) is 31.2 Å². The Hall–Kier alpha value is -2.38. The number of ether oxygens (including phenoxy) is 1. The highest BCUT2D eigenvalue weighted by Crippen LogP contribution is 2.25. The molecule has 1 aromatic rings. The van der Waals surface area contributed by atoms with Crippen LogP contribution in [-0.2, 0) is 4.79 Å². The summed E-state index contributed by atoms with van der Waals surface area (Å²) in [5, 5.41) is 12.9. The monoisotopic (exact) mass is 274 g/mol. The Kier molecular flexibility index (Phi) is 5.04. The number of benzene rings is 1. The first kappa shape index (κ1) is 14.7. The highest BCUT2D eigenvalue weighted by molar-refractivity contribution is 5.93. The van der Waals surface area contributed by atoms with E-state index in [1.807, 2.05) is 0 Å². The van der Waals surface area contributed by atoms with Gasteiger partial charge in [-0.15, -0.1) is 0 Å². The third-order valence-electron chi connectivity index (χ3n) is 2.07. The van der Waals surface area contributed by atoms with Gasteiger partial charge in [-0.3, -0.25) is 4.79 Å². The number of rotatable bonds is 5. The molecule has 0 radical (unpaired) electrons. The third-order valence-corrected chi connectivity index (χ3v) is 2.07. The first-order valence-electron chi connectivity index (χ1n) is 5.24. The van der Waals surface area contributed by atoms with Gasteiger partial charge in [0.2, 0.25) is 0 Å². The molecule has 0 heterocycles. The zero-order valence-electron chi connectivity index (χ0n) is 9.89. The van der Waals surface area contributed by atoms with E-state index in [0.29, 0.717) is 0 Å².